The van der Waals surface area contributed by atoms with Gasteiger partial charge in [-0.2, -0.15) is 9.97 Å². The molecule has 0 amide bonds. The molecule has 5 rings (SSSR count). The molecular formula is C32H33ClN6O10. The van der Waals surface area contributed by atoms with Gasteiger partial charge in [-0.05, 0) is 48.7 Å². The number of aliphatic hydroxyl groups excluding tert-OH is 2. The monoisotopic (exact) mass is 696 g/mol. The normalized spacial score (nSPS) is 20.8. The third-order valence-corrected chi connectivity index (χ3v) is 8.26. The molecule has 0 unspecified atom stereocenters. The first-order chi connectivity index (χ1) is 23.2. The quantitative estimate of drug-likeness (QED) is 0.0648. The minimum atomic E-state index is -2.89. The van der Waals surface area contributed by atoms with E-state index in [4.69, 9.17) is 27.5 Å². The number of anilines is 1. The average molecular weight is 697 g/mol. The highest BCUT2D eigenvalue weighted by atomic mass is 35.5. The molecule has 0 bridgehead atoms. The number of aromatic nitrogens is 5. The Bertz CT molecular complexity index is 1960. The lowest BCUT2D eigenvalue weighted by molar-refractivity contribution is -0.191. The number of carboxylic acid groups (broad SMARTS) is 2. The molecule has 0 spiro atoms. The van der Waals surface area contributed by atoms with E-state index in [9.17, 15) is 39.9 Å². The number of carboxylic acids is 2. The van der Waals surface area contributed by atoms with Crippen molar-refractivity contribution < 1.29 is 44.6 Å². The number of pyridine rings is 1. The Morgan fingerprint density at radius 3 is 2.51 bits per heavy atom. The first-order valence-corrected chi connectivity index (χ1v) is 15.3. The fraction of sp³-hybridized carbons (Fsp3) is 0.375. The lowest BCUT2D eigenvalue weighted by atomic mass is 9.91. The molecule has 49 heavy (non-hydrogen) atoms. The van der Waals surface area contributed by atoms with Crippen LogP contribution in [0.3, 0.4) is 0 Å². The zero-order valence-corrected chi connectivity index (χ0v) is 27.0. The molecule has 4 aromatic rings. The maximum atomic E-state index is 12.8. The summed E-state index contributed by atoms with van der Waals surface area (Å²) in [5, 5.41) is 55.0. The molecule has 0 saturated carbocycles. The second-order valence-corrected chi connectivity index (χ2v) is 12.0. The van der Waals surface area contributed by atoms with Crippen LogP contribution in [0.2, 0.25) is 5.28 Å². The molecule has 258 valence electrons. The number of ether oxygens (including phenoxy) is 2. The smallest absolute Gasteiger partial charge is 0.348 e. The van der Waals surface area contributed by atoms with Gasteiger partial charge in [-0.1, -0.05) is 30.2 Å². The summed E-state index contributed by atoms with van der Waals surface area (Å²) < 4.78 is 14.0. The molecular weight excluding hydrogens is 664 g/mol. The molecule has 6 N–H and O–H groups in total. The van der Waals surface area contributed by atoms with Crippen LogP contribution in [0.15, 0.2) is 53.7 Å². The Hall–Kier alpha value is -4.89. The molecule has 3 aromatic heterocycles. The van der Waals surface area contributed by atoms with Gasteiger partial charge in [0.15, 0.2) is 28.8 Å². The van der Waals surface area contributed by atoms with Crippen LogP contribution < -0.4 is 10.9 Å². The van der Waals surface area contributed by atoms with Gasteiger partial charge in [0.2, 0.25) is 5.28 Å². The summed E-state index contributed by atoms with van der Waals surface area (Å²) in [5.41, 5.74) is -4.32. The number of carbonyl (C=O) groups is 2. The van der Waals surface area contributed by atoms with Crippen LogP contribution in [0.1, 0.15) is 25.6 Å². The van der Waals surface area contributed by atoms with Crippen molar-refractivity contribution in [3.63, 3.8) is 0 Å². The second kappa shape index (κ2) is 13.9. The fourth-order valence-corrected chi connectivity index (χ4v) is 5.70. The molecule has 1 aliphatic heterocycles. The van der Waals surface area contributed by atoms with Crippen molar-refractivity contribution in [2.75, 3.05) is 18.5 Å². The van der Waals surface area contributed by atoms with E-state index in [1.54, 1.807) is 12.1 Å². The minimum Gasteiger partial charge on any atom is -0.479 e. The first kappa shape index (κ1) is 35.4. The van der Waals surface area contributed by atoms with E-state index in [1.807, 2.05) is 13.8 Å². The summed E-state index contributed by atoms with van der Waals surface area (Å²) in [6.45, 7) is 2.72. The van der Waals surface area contributed by atoms with Crippen LogP contribution in [0.25, 0.3) is 22.3 Å². The zero-order valence-electron chi connectivity index (χ0n) is 26.2. The molecule has 0 radical (unpaired) electrons. The number of nitrogens with zero attached hydrogens (tertiary/aromatic N) is 5. The highest BCUT2D eigenvalue weighted by molar-refractivity contribution is 6.28. The van der Waals surface area contributed by atoms with Crippen LogP contribution in [0.4, 0.5) is 5.82 Å². The number of terminal acetylenes is 1. The van der Waals surface area contributed by atoms with Gasteiger partial charge in [0.1, 0.15) is 12.2 Å². The summed E-state index contributed by atoms with van der Waals surface area (Å²) in [6, 6.07) is 9.11. The number of benzene rings is 1. The first-order valence-electron chi connectivity index (χ1n) is 15.0. The van der Waals surface area contributed by atoms with E-state index in [2.05, 4.69) is 26.2 Å². The third kappa shape index (κ3) is 6.59. The molecule has 16 nitrogen and oxygen atoms in total. The zero-order chi connectivity index (χ0) is 35.7. The number of hydrogen-bond acceptors (Lipinski definition) is 12. The Morgan fingerprint density at radius 2 is 1.90 bits per heavy atom. The number of imidazole rings is 1. The highest BCUT2D eigenvalue weighted by Crippen LogP contribution is 2.39. The van der Waals surface area contributed by atoms with Crippen molar-refractivity contribution in [2.45, 2.75) is 62.5 Å². The number of fused-ring (bicyclic) bond motifs is 1. The average Bonchev–Trinajstić information content (AvgIpc) is 3.58. The Balaban J connectivity index is 1.41. The molecule has 4 heterocycles. The number of aliphatic hydroxyl groups is 3. The predicted octanol–water partition coefficient (Wildman–Crippen LogP) is 0.911. The van der Waals surface area contributed by atoms with E-state index < -0.39 is 54.6 Å². The molecule has 1 fully saturated rings. The number of halogens is 1. The lowest BCUT2D eigenvalue weighted by Gasteiger charge is -2.30. The summed E-state index contributed by atoms with van der Waals surface area (Å²) in [6.07, 6.45) is 2.83. The van der Waals surface area contributed by atoms with Gasteiger partial charge >= 0.3 is 11.9 Å². The minimum absolute atomic E-state index is 0.0541. The number of rotatable bonds is 13. The Labute approximate surface area is 283 Å². The van der Waals surface area contributed by atoms with Crippen molar-refractivity contribution in [1.29, 1.82) is 0 Å². The Morgan fingerprint density at radius 1 is 1.20 bits per heavy atom. The number of hydrogen-bond donors (Lipinski definition) is 6. The summed E-state index contributed by atoms with van der Waals surface area (Å²) in [4.78, 5) is 50.5. The maximum Gasteiger partial charge on any atom is 0.348 e. The van der Waals surface area contributed by atoms with Crippen molar-refractivity contribution in [1.82, 2.24) is 24.1 Å². The van der Waals surface area contributed by atoms with E-state index in [0.29, 0.717) is 16.9 Å². The van der Waals surface area contributed by atoms with Crippen molar-refractivity contribution in [3.8, 4) is 23.5 Å². The number of aliphatic carboxylic acids is 2. The molecule has 1 aliphatic rings. The van der Waals surface area contributed by atoms with Crippen LogP contribution in [-0.2, 0) is 32.0 Å². The molecule has 1 saturated heterocycles. The molecule has 1 aromatic carbocycles. The van der Waals surface area contributed by atoms with E-state index in [1.165, 1.54) is 45.9 Å². The molecule has 4 atom stereocenters. The lowest BCUT2D eigenvalue weighted by Crippen LogP contribution is -2.55. The van der Waals surface area contributed by atoms with Gasteiger partial charge in [0, 0.05) is 30.8 Å². The molecule has 17 heteroatoms. The maximum absolute atomic E-state index is 12.8. The predicted molar refractivity (Wildman–Crippen MR) is 174 cm³/mol. The largest absolute Gasteiger partial charge is 0.479 e. The van der Waals surface area contributed by atoms with Crippen molar-refractivity contribution >= 4 is 40.5 Å². The summed E-state index contributed by atoms with van der Waals surface area (Å²) in [5.74, 6) is -1.33. The van der Waals surface area contributed by atoms with Gasteiger partial charge in [-0.15, -0.1) is 6.42 Å². The van der Waals surface area contributed by atoms with Crippen molar-refractivity contribution in [2.24, 2.45) is 0 Å². The summed E-state index contributed by atoms with van der Waals surface area (Å²) in [7, 11) is 0. The molecule has 0 aliphatic carbocycles. The topological polar surface area (TPSA) is 231 Å². The van der Waals surface area contributed by atoms with Crippen LogP contribution in [0.5, 0.6) is 0 Å². The Kier molecular flexibility index (Phi) is 10.1. The SMILES string of the molecule is C#C[C@@]1(O)[C@@H](COC(Cc2ccc(-c3cccn(CCO)c3=O)cc2)(C(=O)O)C(=O)O)O[C@@H](n2cnc3c(NC(C)C)nc(Cl)nc32)[C@@H]1O. The van der Waals surface area contributed by atoms with Gasteiger partial charge in [0.25, 0.3) is 11.2 Å². The van der Waals surface area contributed by atoms with Gasteiger partial charge < -0.3 is 44.9 Å². The van der Waals surface area contributed by atoms with Crippen LogP contribution >= 0.6 is 11.6 Å². The summed E-state index contributed by atoms with van der Waals surface area (Å²) >= 11 is 6.14. The standard InChI is InChI=1S/C32H33ClN6O10/c1-4-31(47)21(49-27(23(31)41)39-16-34-22-24(35-17(2)3)36-30(33)37-25(22)39)15-48-32(28(43)44,29(45)46)14-18-7-9-19(10-8-18)20-6-5-11-38(12-13-40)26(20)42/h1,5-11,16-17,21,23,27,40-41,47H,12-15H2,2-3H3,(H,43,44)(H,45,46)(H,35,36,37)/t21-,23+,27-,31-/m1/s1. The van der Waals surface area contributed by atoms with E-state index in [0.717, 1.165) is 0 Å². The second-order valence-electron chi connectivity index (χ2n) is 11.7. The number of nitrogens with one attached hydrogen (secondary N) is 1. The van der Waals surface area contributed by atoms with Crippen LogP contribution in [-0.4, -0.2) is 104 Å². The third-order valence-electron chi connectivity index (χ3n) is 8.09. The van der Waals surface area contributed by atoms with Gasteiger partial charge in [-0.25, -0.2) is 14.6 Å². The van der Waals surface area contributed by atoms with E-state index >= 15 is 0 Å². The fourth-order valence-electron chi connectivity index (χ4n) is 5.53. The highest BCUT2D eigenvalue weighted by Gasteiger charge is 2.58. The van der Waals surface area contributed by atoms with Crippen molar-refractivity contribution in [3.05, 3.63) is 70.1 Å². The van der Waals surface area contributed by atoms with Crippen LogP contribution in [0, 0.1) is 12.3 Å². The van der Waals surface area contributed by atoms with E-state index in [-0.39, 0.29) is 46.8 Å². The van der Waals surface area contributed by atoms with Gasteiger partial charge in [0.05, 0.1) is 19.5 Å². The van der Waals surface area contributed by atoms with Gasteiger partial charge in [-0.3, -0.25) is 9.36 Å².